The van der Waals surface area contributed by atoms with Crippen molar-refractivity contribution in [3.05, 3.63) is 29.8 Å². The van der Waals surface area contributed by atoms with Crippen molar-refractivity contribution in [2.24, 2.45) is 5.10 Å². The number of esters is 1. The minimum absolute atomic E-state index is 0.239. The Bertz CT molecular complexity index is 509. The highest BCUT2D eigenvalue weighted by Crippen LogP contribution is 2.16. The van der Waals surface area contributed by atoms with E-state index in [0.717, 1.165) is 5.56 Å². The maximum Gasteiger partial charge on any atom is 0.370 e. The third-order valence-corrected chi connectivity index (χ3v) is 2.48. The van der Waals surface area contributed by atoms with Gasteiger partial charge in [0.05, 0.1) is 18.4 Å². The molecule has 0 aromatic heterocycles. The first-order chi connectivity index (χ1) is 9.19. The van der Waals surface area contributed by atoms with Crippen molar-refractivity contribution in [2.45, 2.75) is 19.8 Å². The van der Waals surface area contributed by atoms with Gasteiger partial charge in [-0.2, -0.15) is 10.4 Å². The van der Waals surface area contributed by atoms with E-state index in [1.54, 1.807) is 13.0 Å². The fourth-order valence-electron chi connectivity index (χ4n) is 1.38. The summed E-state index contributed by atoms with van der Waals surface area (Å²) >= 11 is 5.68. The molecule has 1 aromatic rings. The summed E-state index contributed by atoms with van der Waals surface area (Å²) in [5.41, 5.74) is 4.35. The largest absolute Gasteiger partial charge is 0.461 e. The highest BCUT2D eigenvalue weighted by Gasteiger charge is 2.09. The minimum Gasteiger partial charge on any atom is -0.461 e. The van der Waals surface area contributed by atoms with Gasteiger partial charge in [0.25, 0.3) is 0 Å². The molecular formula is C13H14ClN3O2. The normalized spacial score (nSPS) is 10.7. The summed E-state index contributed by atoms with van der Waals surface area (Å²) in [6.45, 7) is 1.93. The monoisotopic (exact) mass is 279 g/mol. The SMILES string of the molecule is CCOC(=O)C(Cl)=NNc1ccccc1CCC#N. The second-order valence-corrected chi connectivity index (χ2v) is 3.91. The third-order valence-electron chi connectivity index (χ3n) is 2.24. The van der Waals surface area contributed by atoms with Crippen molar-refractivity contribution in [1.82, 2.24) is 0 Å². The Balaban J connectivity index is 2.74. The van der Waals surface area contributed by atoms with Gasteiger partial charge in [-0.05, 0) is 25.0 Å². The molecule has 0 fully saturated rings. The molecule has 19 heavy (non-hydrogen) atoms. The van der Waals surface area contributed by atoms with Gasteiger partial charge in [-0.25, -0.2) is 4.79 Å². The first kappa shape index (κ1) is 15.0. The van der Waals surface area contributed by atoms with Crippen molar-refractivity contribution < 1.29 is 9.53 Å². The van der Waals surface area contributed by atoms with Crippen LogP contribution in [0.25, 0.3) is 0 Å². The third kappa shape index (κ3) is 4.98. The zero-order valence-electron chi connectivity index (χ0n) is 10.5. The molecule has 6 heteroatoms. The number of carbonyl (C=O) groups is 1. The molecule has 5 nitrogen and oxygen atoms in total. The summed E-state index contributed by atoms with van der Waals surface area (Å²) in [4.78, 5) is 11.3. The lowest BCUT2D eigenvalue weighted by Crippen LogP contribution is -2.13. The number of para-hydroxylation sites is 1. The second-order valence-electron chi connectivity index (χ2n) is 3.55. The zero-order valence-corrected chi connectivity index (χ0v) is 11.3. The number of carbonyl (C=O) groups excluding carboxylic acids is 1. The lowest BCUT2D eigenvalue weighted by Gasteiger charge is -2.07. The first-order valence-corrected chi connectivity index (χ1v) is 6.18. The fourth-order valence-corrected chi connectivity index (χ4v) is 1.48. The number of nitrogens with one attached hydrogen (secondary N) is 1. The van der Waals surface area contributed by atoms with Crippen LogP contribution in [0.4, 0.5) is 5.69 Å². The summed E-state index contributed by atoms with van der Waals surface area (Å²) in [5.74, 6) is -0.675. The van der Waals surface area contributed by atoms with Crippen molar-refractivity contribution in [2.75, 3.05) is 12.0 Å². The molecule has 0 bridgehead atoms. The average molecular weight is 280 g/mol. The quantitative estimate of drug-likeness (QED) is 0.493. The molecule has 0 aliphatic rings. The van der Waals surface area contributed by atoms with E-state index in [9.17, 15) is 4.79 Å². The Morgan fingerprint density at radius 3 is 2.95 bits per heavy atom. The van der Waals surface area contributed by atoms with Crippen LogP contribution in [0.3, 0.4) is 0 Å². The number of aryl methyl sites for hydroxylation is 1. The van der Waals surface area contributed by atoms with E-state index in [4.69, 9.17) is 21.6 Å². The molecule has 100 valence electrons. The summed E-state index contributed by atoms with van der Waals surface area (Å²) in [6.07, 6.45) is 1.01. The van der Waals surface area contributed by atoms with Gasteiger partial charge in [-0.15, -0.1) is 0 Å². The average Bonchev–Trinajstić information content (AvgIpc) is 2.43. The van der Waals surface area contributed by atoms with Gasteiger partial charge in [0.1, 0.15) is 0 Å². The summed E-state index contributed by atoms with van der Waals surface area (Å²) in [6, 6.07) is 9.45. The number of benzene rings is 1. The van der Waals surface area contributed by atoms with E-state index in [2.05, 4.69) is 16.6 Å². The van der Waals surface area contributed by atoms with Crippen LogP contribution in [0, 0.1) is 11.3 Å². The number of hydrogen-bond acceptors (Lipinski definition) is 5. The molecule has 0 heterocycles. The van der Waals surface area contributed by atoms with Crippen LogP contribution in [0.5, 0.6) is 0 Å². The molecule has 1 N–H and O–H groups in total. The van der Waals surface area contributed by atoms with E-state index < -0.39 is 5.97 Å². The van der Waals surface area contributed by atoms with E-state index in [-0.39, 0.29) is 11.8 Å². The van der Waals surface area contributed by atoms with Crippen molar-refractivity contribution in [1.29, 1.82) is 5.26 Å². The van der Waals surface area contributed by atoms with E-state index in [1.807, 2.05) is 18.2 Å². The predicted octanol–water partition coefficient (Wildman–Crippen LogP) is 2.67. The van der Waals surface area contributed by atoms with Crippen molar-refractivity contribution in [3.63, 3.8) is 0 Å². The molecule has 1 rings (SSSR count). The second kappa shape index (κ2) is 8.11. The number of hydrogen-bond donors (Lipinski definition) is 1. The Morgan fingerprint density at radius 2 is 2.26 bits per heavy atom. The number of ether oxygens (including phenoxy) is 1. The smallest absolute Gasteiger partial charge is 0.370 e. The topological polar surface area (TPSA) is 74.5 Å². The molecular weight excluding hydrogens is 266 g/mol. The van der Waals surface area contributed by atoms with Crippen LogP contribution in [-0.4, -0.2) is 17.7 Å². The summed E-state index contributed by atoms with van der Waals surface area (Å²) in [5, 5.41) is 12.1. The molecule has 0 aliphatic heterocycles. The number of nitrogens with zero attached hydrogens (tertiary/aromatic N) is 2. The molecule has 0 radical (unpaired) electrons. The van der Waals surface area contributed by atoms with Crippen molar-refractivity contribution in [3.8, 4) is 6.07 Å². The van der Waals surface area contributed by atoms with Gasteiger partial charge in [0, 0.05) is 6.42 Å². The van der Waals surface area contributed by atoms with Gasteiger partial charge in [-0.3, -0.25) is 5.43 Å². The molecule has 1 aromatic carbocycles. The zero-order chi connectivity index (χ0) is 14.1. The Hall–Kier alpha value is -2.06. The van der Waals surface area contributed by atoms with Gasteiger partial charge in [0.2, 0.25) is 5.17 Å². The molecule has 0 unspecified atom stereocenters. The molecule has 0 saturated heterocycles. The molecule has 0 atom stereocenters. The molecule has 0 spiro atoms. The van der Waals surface area contributed by atoms with Gasteiger partial charge < -0.3 is 4.74 Å². The standard InChI is InChI=1S/C13H14ClN3O2/c1-2-19-13(18)12(14)17-16-11-8-4-3-6-10(11)7-5-9-15/h3-4,6,8,16H,2,5,7H2,1H3. The molecule has 0 aliphatic carbocycles. The summed E-state index contributed by atoms with van der Waals surface area (Å²) in [7, 11) is 0. The lowest BCUT2D eigenvalue weighted by atomic mass is 10.1. The van der Waals surface area contributed by atoms with Gasteiger partial charge in [-0.1, -0.05) is 29.8 Å². The molecule has 0 amide bonds. The van der Waals surface area contributed by atoms with Crippen LogP contribution < -0.4 is 5.43 Å². The van der Waals surface area contributed by atoms with Crippen molar-refractivity contribution >= 4 is 28.4 Å². The summed E-state index contributed by atoms with van der Waals surface area (Å²) < 4.78 is 4.70. The number of rotatable bonds is 6. The number of halogens is 1. The Labute approximate surface area is 116 Å². The van der Waals surface area contributed by atoms with Gasteiger partial charge >= 0.3 is 5.97 Å². The highest BCUT2D eigenvalue weighted by atomic mass is 35.5. The molecule has 0 saturated carbocycles. The van der Waals surface area contributed by atoms with E-state index in [1.165, 1.54) is 0 Å². The first-order valence-electron chi connectivity index (χ1n) is 5.80. The highest BCUT2D eigenvalue weighted by molar-refractivity contribution is 6.82. The number of anilines is 1. The van der Waals surface area contributed by atoms with Crippen LogP contribution >= 0.6 is 11.6 Å². The predicted molar refractivity (Wildman–Crippen MR) is 73.9 cm³/mol. The van der Waals surface area contributed by atoms with E-state index >= 15 is 0 Å². The van der Waals surface area contributed by atoms with Crippen LogP contribution in [0.15, 0.2) is 29.4 Å². The maximum atomic E-state index is 11.3. The van der Waals surface area contributed by atoms with Gasteiger partial charge in [0.15, 0.2) is 0 Å². The Kier molecular flexibility index (Phi) is 6.41. The minimum atomic E-state index is -0.675. The van der Waals surface area contributed by atoms with E-state index in [0.29, 0.717) is 18.5 Å². The Morgan fingerprint density at radius 1 is 1.53 bits per heavy atom. The number of nitriles is 1. The maximum absolute atomic E-state index is 11.3. The number of hydrazone groups is 1. The van der Waals surface area contributed by atoms with Crippen LogP contribution in [-0.2, 0) is 16.0 Å². The fraction of sp³-hybridized carbons (Fsp3) is 0.308. The van der Waals surface area contributed by atoms with Crippen LogP contribution in [0.1, 0.15) is 18.9 Å². The lowest BCUT2D eigenvalue weighted by molar-refractivity contribution is -0.134. The van der Waals surface area contributed by atoms with Crippen LogP contribution in [0.2, 0.25) is 0 Å².